The summed E-state index contributed by atoms with van der Waals surface area (Å²) in [6.07, 6.45) is 8.82. The minimum atomic E-state index is 0.0370. The summed E-state index contributed by atoms with van der Waals surface area (Å²) in [4.78, 5) is 23.1. The van der Waals surface area contributed by atoms with Crippen LogP contribution in [0.4, 0.5) is 5.82 Å². The number of nitrogens with one attached hydrogen (secondary N) is 1. The van der Waals surface area contributed by atoms with E-state index in [-0.39, 0.29) is 11.8 Å². The first-order chi connectivity index (χ1) is 11.7. The molecule has 1 saturated heterocycles. The first kappa shape index (κ1) is 15.3. The summed E-state index contributed by atoms with van der Waals surface area (Å²) in [5.74, 6) is 0.990. The summed E-state index contributed by atoms with van der Waals surface area (Å²) >= 11 is 0. The number of fused-ring (bicyclic) bond motifs is 1. The van der Waals surface area contributed by atoms with E-state index >= 15 is 0 Å². The normalized spacial score (nSPS) is 20.0. The van der Waals surface area contributed by atoms with Crippen LogP contribution in [0.5, 0.6) is 0 Å². The van der Waals surface area contributed by atoms with Gasteiger partial charge in [0.2, 0.25) is 5.91 Å². The number of nitrogens with zero attached hydrogens (tertiary/aromatic N) is 6. The molecule has 128 valence electrons. The number of amides is 1. The van der Waals surface area contributed by atoms with E-state index in [9.17, 15) is 4.79 Å². The van der Waals surface area contributed by atoms with Crippen LogP contribution in [0.25, 0.3) is 11.2 Å². The molecule has 0 unspecified atom stereocenters. The highest BCUT2D eigenvalue weighted by Gasteiger charge is 2.35. The van der Waals surface area contributed by atoms with Crippen molar-refractivity contribution in [3.05, 3.63) is 6.33 Å². The molecule has 1 saturated carbocycles. The Morgan fingerprint density at radius 3 is 2.67 bits per heavy atom. The molecule has 2 aromatic heterocycles. The molecule has 0 radical (unpaired) electrons. The minimum Gasteiger partial charge on any atom is -0.353 e. The zero-order valence-electron chi connectivity index (χ0n) is 14.0. The number of hydrogen-bond donors (Lipinski definition) is 1. The van der Waals surface area contributed by atoms with Crippen molar-refractivity contribution in [1.82, 2.24) is 30.3 Å². The standard InChI is InChI=1S/C16H23N7O/c1-22-14-13(20-21-22)15(18-10-17-14)23-8-11(9-23)16(24)19-12-6-4-2-3-5-7-12/h10-12H,2-9H2,1H3,(H,19,24). The van der Waals surface area contributed by atoms with Gasteiger partial charge in [0.25, 0.3) is 0 Å². The highest BCUT2D eigenvalue weighted by molar-refractivity contribution is 5.86. The van der Waals surface area contributed by atoms with Crippen LogP contribution in [0.3, 0.4) is 0 Å². The Labute approximate surface area is 140 Å². The van der Waals surface area contributed by atoms with Gasteiger partial charge in [0.05, 0.1) is 5.92 Å². The third-order valence-corrected chi connectivity index (χ3v) is 5.12. The number of anilines is 1. The number of aryl methyl sites for hydroxylation is 1. The maximum absolute atomic E-state index is 12.4. The Bertz CT molecular complexity index is 729. The fraction of sp³-hybridized carbons (Fsp3) is 0.688. The van der Waals surface area contributed by atoms with Gasteiger partial charge in [-0.15, -0.1) is 5.10 Å². The average molecular weight is 329 g/mol. The number of carbonyl (C=O) groups excluding carboxylic acids is 1. The molecule has 2 fully saturated rings. The zero-order valence-corrected chi connectivity index (χ0v) is 14.0. The lowest BCUT2D eigenvalue weighted by atomic mass is 9.98. The molecular weight excluding hydrogens is 306 g/mol. The summed E-state index contributed by atoms with van der Waals surface area (Å²) in [6.45, 7) is 1.36. The van der Waals surface area contributed by atoms with E-state index in [0.717, 1.165) is 18.7 Å². The SMILES string of the molecule is Cn1nnc2c(N3CC(C(=O)NC4CCCCCC4)C3)ncnc21. The molecule has 4 rings (SSSR count). The highest BCUT2D eigenvalue weighted by atomic mass is 16.2. The van der Waals surface area contributed by atoms with Crippen molar-refractivity contribution in [3.8, 4) is 0 Å². The Hall–Kier alpha value is -2.25. The first-order valence-corrected chi connectivity index (χ1v) is 8.78. The third kappa shape index (κ3) is 2.81. The molecular formula is C16H23N7O. The van der Waals surface area contributed by atoms with Crippen LogP contribution in [0.15, 0.2) is 6.33 Å². The fourth-order valence-corrected chi connectivity index (χ4v) is 3.63. The van der Waals surface area contributed by atoms with Gasteiger partial charge in [-0.2, -0.15) is 0 Å². The van der Waals surface area contributed by atoms with Gasteiger partial charge in [-0.3, -0.25) is 4.79 Å². The predicted molar refractivity (Wildman–Crippen MR) is 89.4 cm³/mol. The Morgan fingerprint density at radius 1 is 1.17 bits per heavy atom. The second kappa shape index (κ2) is 6.33. The lowest BCUT2D eigenvalue weighted by Gasteiger charge is -2.39. The van der Waals surface area contributed by atoms with Crippen LogP contribution in [0.2, 0.25) is 0 Å². The van der Waals surface area contributed by atoms with E-state index in [0.29, 0.717) is 30.3 Å². The van der Waals surface area contributed by atoms with Crippen molar-refractivity contribution in [2.24, 2.45) is 13.0 Å². The number of aromatic nitrogens is 5. The number of rotatable bonds is 3. The molecule has 1 aliphatic carbocycles. The molecule has 3 heterocycles. The largest absolute Gasteiger partial charge is 0.353 e. The van der Waals surface area contributed by atoms with Crippen molar-refractivity contribution < 1.29 is 4.79 Å². The fourth-order valence-electron chi connectivity index (χ4n) is 3.63. The smallest absolute Gasteiger partial charge is 0.226 e. The van der Waals surface area contributed by atoms with Crippen LogP contribution < -0.4 is 10.2 Å². The van der Waals surface area contributed by atoms with E-state index in [4.69, 9.17) is 0 Å². The molecule has 0 bridgehead atoms. The molecule has 8 heteroatoms. The molecule has 1 amide bonds. The van der Waals surface area contributed by atoms with Crippen molar-refractivity contribution >= 4 is 22.9 Å². The first-order valence-electron chi connectivity index (χ1n) is 8.78. The number of carbonyl (C=O) groups is 1. The molecule has 24 heavy (non-hydrogen) atoms. The summed E-state index contributed by atoms with van der Waals surface area (Å²) in [5.41, 5.74) is 1.41. The quantitative estimate of drug-likeness (QED) is 0.846. The second-order valence-corrected chi connectivity index (χ2v) is 6.88. The van der Waals surface area contributed by atoms with Crippen molar-refractivity contribution in [2.45, 2.75) is 44.6 Å². The van der Waals surface area contributed by atoms with Gasteiger partial charge in [0, 0.05) is 26.2 Å². The summed E-state index contributed by atoms with van der Waals surface area (Å²) < 4.78 is 1.64. The van der Waals surface area contributed by atoms with E-state index < -0.39 is 0 Å². The second-order valence-electron chi connectivity index (χ2n) is 6.88. The Balaban J connectivity index is 1.37. The predicted octanol–water partition coefficient (Wildman–Crippen LogP) is 1.03. The third-order valence-electron chi connectivity index (χ3n) is 5.12. The van der Waals surface area contributed by atoms with Crippen molar-refractivity contribution in [1.29, 1.82) is 0 Å². The van der Waals surface area contributed by atoms with Crippen molar-refractivity contribution in [2.75, 3.05) is 18.0 Å². The van der Waals surface area contributed by atoms with Crippen LogP contribution in [0.1, 0.15) is 38.5 Å². The van der Waals surface area contributed by atoms with Crippen LogP contribution in [-0.2, 0) is 11.8 Å². The zero-order chi connectivity index (χ0) is 16.5. The summed E-state index contributed by atoms with van der Waals surface area (Å²) in [7, 11) is 1.81. The van der Waals surface area contributed by atoms with Crippen LogP contribution in [-0.4, -0.2) is 50.0 Å². The summed E-state index contributed by atoms with van der Waals surface area (Å²) in [6, 6.07) is 0.361. The van der Waals surface area contributed by atoms with Crippen LogP contribution >= 0.6 is 0 Å². The molecule has 1 aliphatic heterocycles. The van der Waals surface area contributed by atoms with Crippen molar-refractivity contribution in [3.63, 3.8) is 0 Å². The van der Waals surface area contributed by atoms with Crippen LogP contribution in [0, 0.1) is 5.92 Å². The maximum atomic E-state index is 12.4. The molecule has 2 aromatic rings. The van der Waals surface area contributed by atoms with Gasteiger partial charge in [-0.05, 0) is 12.8 Å². The van der Waals surface area contributed by atoms with Gasteiger partial charge in [0.1, 0.15) is 6.33 Å². The molecule has 1 N–H and O–H groups in total. The lowest BCUT2D eigenvalue weighted by Crippen LogP contribution is -2.55. The minimum absolute atomic E-state index is 0.0370. The lowest BCUT2D eigenvalue weighted by molar-refractivity contribution is -0.126. The van der Waals surface area contributed by atoms with E-state index in [1.165, 1.54) is 32.0 Å². The molecule has 0 atom stereocenters. The van der Waals surface area contributed by atoms with Gasteiger partial charge in [-0.25, -0.2) is 14.6 Å². The monoisotopic (exact) mass is 329 g/mol. The Morgan fingerprint density at radius 2 is 1.92 bits per heavy atom. The van der Waals surface area contributed by atoms with E-state index in [1.54, 1.807) is 4.68 Å². The van der Waals surface area contributed by atoms with Gasteiger partial charge in [0.15, 0.2) is 17.0 Å². The molecule has 0 aromatic carbocycles. The van der Waals surface area contributed by atoms with E-state index in [1.807, 2.05) is 7.05 Å². The topological polar surface area (TPSA) is 88.8 Å². The van der Waals surface area contributed by atoms with Gasteiger partial charge < -0.3 is 10.2 Å². The Kier molecular flexibility index (Phi) is 4.03. The summed E-state index contributed by atoms with van der Waals surface area (Å²) in [5, 5.41) is 11.4. The molecule has 8 nitrogen and oxygen atoms in total. The van der Waals surface area contributed by atoms with Gasteiger partial charge >= 0.3 is 0 Å². The molecule has 2 aliphatic rings. The number of hydrogen-bond acceptors (Lipinski definition) is 6. The maximum Gasteiger partial charge on any atom is 0.226 e. The van der Waals surface area contributed by atoms with E-state index in [2.05, 4.69) is 30.5 Å². The van der Waals surface area contributed by atoms with Gasteiger partial charge in [-0.1, -0.05) is 30.9 Å². The molecule has 0 spiro atoms. The average Bonchev–Trinajstić information content (AvgIpc) is 2.75. The highest BCUT2D eigenvalue weighted by Crippen LogP contribution is 2.27.